The Hall–Kier alpha value is -3.59. The SMILES string of the molecule is C=C(C)C(=O)OC(C)(C)CC(C)(C)Oc1ccc2oc(-c3ccc(C#N)cc3)nc2c1. The zero-order chi connectivity index (χ0) is 22.8. The number of esters is 1. The van der Waals surface area contributed by atoms with Gasteiger partial charge in [-0.2, -0.15) is 5.26 Å². The maximum atomic E-state index is 11.9. The molecule has 1 aromatic heterocycles. The molecule has 0 aliphatic rings. The van der Waals surface area contributed by atoms with E-state index in [0.29, 0.717) is 40.3 Å². The van der Waals surface area contributed by atoms with E-state index in [1.54, 1.807) is 31.2 Å². The van der Waals surface area contributed by atoms with Crippen molar-refractivity contribution in [2.45, 2.75) is 52.2 Å². The maximum absolute atomic E-state index is 11.9. The predicted octanol–water partition coefficient (Wildman–Crippen LogP) is 5.81. The van der Waals surface area contributed by atoms with Gasteiger partial charge in [-0.3, -0.25) is 0 Å². The summed E-state index contributed by atoms with van der Waals surface area (Å²) in [5.41, 5.74) is 1.71. The molecule has 6 nitrogen and oxygen atoms in total. The summed E-state index contributed by atoms with van der Waals surface area (Å²) in [6, 6.07) is 14.6. The molecule has 0 aliphatic carbocycles. The van der Waals surface area contributed by atoms with Crippen molar-refractivity contribution in [3.8, 4) is 23.3 Å². The van der Waals surface area contributed by atoms with Gasteiger partial charge in [-0.1, -0.05) is 6.58 Å². The predicted molar refractivity (Wildman–Crippen MR) is 118 cm³/mol. The van der Waals surface area contributed by atoms with Crippen LogP contribution in [0.1, 0.15) is 46.6 Å². The van der Waals surface area contributed by atoms with Crippen molar-refractivity contribution in [1.82, 2.24) is 4.98 Å². The summed E-state index contributed by atoms with van der Waals surface area (Å²) >= 11 is 0. The Morgan fingerprint density at radius 2 is 1.81 bits per heavy atom. The Labute approximate surface area is 182 Å². The number of rotatable bonds is 7. The van der Waals surface area contributed by atoms with Crippen LogP contribution in [0.2, 0.25) is 0 Å². The highest BCUT2D eigenvalue weighted by molar-refractivity contribution is 5.87. The molecule has 0 bridgehead atoms. The number of carbonyl (C=O) groups excluding carboxylic acids is 1. The number of hydrogen-bond acceptors (Lipinski definition) is 6. The minimum atomic E-state index is -0.722. The van der Waals surface area contributed by atoms with Crippen LogP contribution in [-0.2, 0) is 9.53 Å². The molecule has 0 saturated carbocycles. The van der Waals surface area contributed by atoms with Crippen LogP contribution in [-0.4, -0.2) is 22.2 Å². The van der Waals surface area contributed by atoms with Crippen LogP contribution in [0.15, 0.2) is 59.0 Å². The van der Waals surface area contributed by atoms with Gasteiger partial charge < -0.3 is 13.9 Å². The first-order chi connectivity index (χ1) is 14.5. The van der Waals surface area contributed by atoms with Crippen LogP contribution in [0.5, 0.6) is 5.75 Å². The molecule has 3 rings (SSSR count). The van der Waals surface area contributed by atoms with Crippen LogP contribution in [0, 0.1) is 11.3 Å². The van der Waals surface area contributed by atoms with Gasteiger partial charge in [0.05, 0.1) is 11.6 Å². The number of aromatic nitrogens is 1. The van der Waals surface area contributed by atoms with E-state index in [4.69, 9.17) is 19.2 Å². The van der Waals surface area contributed by atoms with Gasteiger partial charge in [-0.15, -0.1) is 0 Å². The number of benzene rings is 2. The monoisotopic (exact) mass is 418 g/mol. The van der Waals surface area contributed by atoms with Gasteiger partial charge in [0.15, 0.2) is 5.58 Å². The average molecular weight is 418 g/mol. The minimum absolute atomic E-state index is 0.362. The molecule has 0 saturated heterocycles. The Morgan fingerprint density at radius 3 is 2.42 bits per heavy atom. The van der Waals surface area contributed by atoms with E-state index in [9.17, 15) is 4.79 Å². The van der Waals surface area contributed by atoms with E-state index < -0.39 is 17.2 Å². The van der Waals surface area contributed by atoms with Gasteiger partial charge in [-0.05, 0) is 71.0 Å². The molecule has 0 fully saturated rings. The first-order valence-electron chi connectivity index (χ1n) is 9.97. The molecule has 0 atom stereocenters. The van der Waals surface area contributed by atoms with Crippen LogP contribution >= 0.6 is 0 Å². The van der Waals surface area contributed by atoms with Gasteiger partial charge in [0.1, 0.15) is 22.5 Å². The summed E-state index contributed by atoms with van der Waals surface area (Å²) in [4.78, 5) is 16.5. The molecule has 31 heavy (non-hydrogen) atoms. The second kappa shape index (κ2) is 8.27. The smallest absolute Gasteiger partial charge is 0.333 e. The molecular formula is C25H26N2O4. The zero-order valence-electron chi connectivity index (χ0n) is 18.5. The lowest BCUT2D eigenvalue weighted by atomic mass is 9.92. The summed E-state index contributed by atoms with van der Waals surface area (Å²) in [5.74, 6) is 0.697. The van der Waals surface area contributed by atoms with Gasteiger partial charge in [0, 0.05) is 23.6 Å². The van der Waals surface area contributed by atoms with E-state index >= 15 is 0 Å². The molecule has 1 heterocycles. The van der Waals surface area contributed by atoms with Gasteiger partial charge in [-0.25, -0.2) is 9.78 Å². The number of ether oxygens (including phenoxy) is 2. The van der Waals surface area contributed by atoms with Gasteiger partial charge in [0.2, 0.25) is 5.89 Å². The Kier molecular flexibility index (Phi) is 5.90. The fraction of sp³-hybridized carbons (Fsp3) is 0.320. The van der Waals surface area contributed by atoms with E-state index in [-0.39, 0.29) is 0 Å². The van der Waals surface area contributed by atoms with Crippen LogP contribution in [0.25, 0.3) is 22.6 Å². The third-order valence-corrected chi connectivity index (χ3v) is 4.58. The topological polar surface area (TPSA) is 85.4 Å². The minimum Gasteiger partial charge on any atom is -0.488 e. The number of nitrogens with zero attached hydrogens (tertiary/aromatic N) is 2. The Balaban J connectivity index is 1.77. The highest BCUT2D eigenvalue weighted by Crippen LogP contribution is 2.32. The standard InChI is InChI=1S/C25H26N2O4/c1-16(2)23(28)31-25(5,6)15-24(3,4)30-19-11-12-21-20(13-19)27-22(29-21)18-9-7-17(14-26)8-10-18/h7-13H,1,15H2,2-6H3. The van der Waals surface area contributed by atoms with Crippen LogP contribution < -0.4 is 4.74 Å². The normalized spacial score (nSPS) is 11.7. The molecule has 0 radical (unpaired) electrons. The van der Waals surface area contributed by atoms with E-state index in [1.165, 1.54) is 0 Å². The molecule has 0 N–H and O–H groups in total. The van der Waals surface area contributed by atoms with Gasteiger partial charge >= 0.3 is 5.97 Å². The quantitative estimate of drug-likeness (QED) is 0.355. The fourth-order valence-corrected chi connectivity index (χ4v) is 3.54. The lowest BCUT2D eigenvalue weighted by molar-refractivity contribution is -0.155. The highest BCUT2D eigenvalue weighted by Gasteiger charge is 2.33. The number of nitriles is 1. The van der Waals surface area contributed by atoms with Crippen molar-refractivity contribution >= 4 is 17.1 Å². The molecule has 0 unspecified atom stereocenters. The maximum Gasteiger partial charge on any atom is 0.333 e. The third-order valence-electron chi connectivity index (χ3n) is 4.58. The van der Waals surface area contributed by atoms with Crippen molar-refractivity contribution in [2.75, 3.05) is 0 Å². The second-order valence-electron chi connectivity index (χ2n) is 8.81. The molecule has 160 valence electrons. The van der Waals surface area contributed by atoms with Gasteiger partial charge in [0.25, 0.3) is 0 Å². The summed E-state index contributed by atoms with van der Waals surface area (Å²) in [7, 11) is 0. The second-order valence-corrected chi connectivity index (χ2v) is 8.81. The Bertz CT molecular complexity index is 1160. The number of oxazole rings is 1. The summed E-state index contributed by atoms with van der Waals surface area (Å²) in [6.45, 7) is 12.8. The van der Waals surface area contributed by atoms with Crippen LogP contribution in [0.4, 0.5) is 0 Å². The molecule has 0 spiro atoms. The number of carbonyl (C=O) groups is 1. The molecule has 2 aromatic carbocycles. The zero-order valence-corrected chi connectivity index (χ0v) is 18.5. The fourth-order valence-electron chi connectivity index (χ4n) is 3.54. The summed E-state index contributed by atoms with van der Waals surface area (Å²) in [5, 5.41) is 8.94. The lowest BCUT2D eigenvalue weighted by Crippen LogP contribution is -2.40. The largest absolute Gasteiger partial charge is 0.488 e. The number of fused-ring (bicyclic) bond motifs is 1. The highest BCUT2D eigenvalue weighted by atomic mass is 16.6. The summed E-state index contributed by atoms with van der Waals surface area (Å²) < 4.78 is 17.6. The van der Waals surface area contributed by atoms with Crippen molar-refractivity contribution in [3.63, 3.8) is 0 Å². The molecule has 3 aromatic rings. The Morgan fingerprint density at radius 1 is 1.13 bits per heavy atom. The van der Waals surface area contributed by atoms with E-state index in [2.05, 4.69) is 17.6 Å². The van der Waals surface area contributed by atoms with Crippen molar-refractivity contribution in [1.29, 1.82) is 5.26 Å². The van der Waals surface area contributed by atoms with Crippen molar-refractivity contribution in [2.24, 2.45) is 0 Å². The lowest BCUT2D eigenvalue weighted by Gasteiger charge is -2.35. The van der Waals surface area contributed by atoms with E-state index in [1.807, 2.05) is 45.9 Å². The summed E-state index contributed by atoms with van der Waals surface area (Å²) in [6.07, 6.45) is 0.479. The molecule has 0 aliphatic heterocycles. The first kappa shape index (κ1) is 22.1. The van der Waals surface area contributed by atoms with Crippen molar-refractivity contribution in [3.05, 3.63) is 60.2 Å². The van der Waals surface area contributed by atoms with E-state index in [0.717, 1.165) is 5.56 Å². The first-order valence-corrected chi connectivity index (χ1v) is 9.97. The van der Waals surface area contributed by atoms with Crippen molar-refractivity contribution < 1.29 is 18.7 Å². The average Bonchev–Trinajstić information content (AvgIpc) is 3.09. The number of hydrogen-bond donors (Lipinski definition) is 0. The molecule has 6 heteroatoms. The third kappa shape index (κ3) is 5.52. The van der Waals surface area contributed by atoms with Crippen LogP contribution in [0.3, 0.4) is 0 Å². The molecular weight excluding hydrogens is 392 g/mol. The molecule has 0 amide bonds.